The minimum absolute atomic E-state index is 0.369. The van der Waals surface area contributed by atoms with Crippen molar-refractivity contribution < 1.29 is 14.3 Å². The van der Waals surface area contributed by atoms with Crippen LogP contribution in [0.15, 0.2) is 42.5 Å². The number of ether oxygens (including phenoxy) is 1. The highest BCUT2D eigenvalue weighted by atomic mass is 16.5. The number of carbonyl (C=O) groups is 2. The number of rotatable bonds is 4. The van der Waals surface area contributed by atoms with E-state index in [0.717, 1.165) is 11.1 Å². The molecule has 0 atom stereocenters. The Hall–Kier alpha value is -3.13. The third-order valence-corrected chi connectivity index (χ3v) is 3.09. The molecule has 0 aliphatic rings. The SMILES string of the molecule is Cc1cc(C)cc(C(=O)OCC(=O)Nc2ccc(C#N)cc2)c1. The molecule has 2 aromatic rings. The van der Waals surface area contributed by atoms with Gasteiger partial charge in [-0.05, 0) is 50.2 Å². The number of anilines is 1. The average molecular weight is 308 g/mol. The molecule has 1 N–H and O–H groups in total. The molecular formula is C18H16N2O3. The number of benzene rings is 2. The number of carbonyl (C=O) groups excluding carboxylic acids is 2. The van der Waals surface area contributed by atoms with Crippen LogP contribution in [0.2, 0.25) is 0 Å². The number of nitrogens with zero attached hydrogens (tertiary/aromatic N) is 1. The second kappa shape index (κ2) is 7.23. The Bertz CT molecular complexity index is 754. The second-order valence-electron chi connectivity index (χ2n) is 5.19. The van der Waals surface area contributed by atoms with E-state index in [1.807, 2.05) is 26.0 Å². The van der Waals surface area contributed by atoms with Gasteiger partial charge in [0, 0.05) is 5.69 Å². The van der Waals surface area contributed by atoms with Gasteiger partial charge in [0.15, 0.2) is 6.61 Å². The van der Waals surface area contributed by atoms with Gasteiger partial charge in [0.2, 0.25) is 0 Å². The second-order valence-corrected chi connectivity index (χ2v) is 5.19. The van der Waals surface area contributed by atoms with Gasteiger partial charge in [0.05, 0.1) is 17.2 Å². The Morgan fingerprint density at radius 1 is 1.09 bits per heavy atom. The van der Waals surface area contributed by atoms with Crippen LogP contribution in [0.4, 0.5) is 5.69 Å². The molecule has 23 heavy (non-hydrogen) atoms. The van der Waals surface area contributed by atoms with Crippen LogP contribution in [0.1, 0.15) is 27.0 Å². The van der Waals surface area contributed by atoms with Gasteiger partial charge < -0.3 is 10.1 Å². The molecule has 0 aliphatic heterocycles. The Balaban J connectivity index is 1.90. The fourth-order valence-electron chi connectivity index (χ4n) is 2.13. The van der Waals surface area contributed by atoms with Crippen LogP contribution in [0.25, 0.3) is 0 Å². The zero-order chi connectivity index (χ0) is 16.8. The summed E-state index contributed by atoms with van der Waals surface area (Å²) in [4.78, 5) is 23.7. The van der Waals surface area contributed by atoms with E-state index in [4.69, 9.17) is 10.00 Å². The van der Waals surface area contributed by atoms with Gasteiger partial charge >= 0.3 is 5.97 Å². The van der Waals surface area contributed by atoms with Gasteiger partial charge in [-0.15, -0.1) is 0 Å². The number of nitriles is 1. The van der Waals surface area contributed by atoms with Crippen molar-refractivity contribution >= 4 is 17.6 Å². The summed E-state index contributed by atoms with van der Waals surface area (Å²) in [5, 5.41) is 11.3. The lowest BCUT2D eigenvalue weighted by molar-refractivity contribution is -0.119. The Kier molecular flexibility index (Phi) is 5.11. The minimum Gasteiger partial charge on any atom is -0.452 e. The summed E-state index contributed by atoms with van der Waals surface area (Å²) in [6.45, 7) is 3.41. The van der Waals surface area contributed by atoms with Crippen molar-refractivity contribution in [2.75, 3.05) is 11.9 Å². The van der Waals surface area contributed by atoms with Crippen LogP contribution in [-0.2, 0) is 9.53 Å². The van der Waals surface area contributed by atoms with Gasteiger partial charge in [0.1, 0.15) is 0 Å². The minimum atomic E-state index is -0.535. The van der Waals surface area contributed by atoms with Crippen LogP contribution in [0, 0.1) is 25.2 Å². The predicted octanol–water partition coefficient (Wildman–Crippen LogP) is 2.97. The van der Waals surface area contributed by atoms with Crippen LogP contribution < -0.4 is 5.32 Å². The van der Waals surface area contributed by atoms with Crippen molar-refractivity contribution in [1.82, 2.24) is 0 Å². The van der Waals surface area contributed by atoms with Crippen molar-refractivity contribution in [2.45, 2.75) is 13.8 Å². The van der Waals surface area contributed by atoms with E-state index in [1.165, 1.54) is 0 Å². The summed E-state index contributed by atoms with van der Waals surface area (Å²) in [5.74, 6) is -0.973. The van der Waals surface area contributed by atoms with Crippen LogP contribution in [-0.4, -0.2) is 18.5 Å². The summed E-state index contributed by atoms with van der Waals surface area (Å²) in [7, 11) is 0. The van der Waals surface area contributed by atoms with Crippen LogP contribution in [0.5, 0.6) is 0 Å². The number of aryl methyl sites for hydroxylation is 2. The van der Waals surface area contributed by atoms with Crippen molar-refractivity contribution in [3.05, 3.63) is 64.7 Å². The predicted molar refractivity (Wildman–Crippen MR) is 86.0 cm³/mol. The van der Waals surface area contributed by atoms with Gasteiger partial charge in [-0.25, -0.2) is 4.79 Å². The van der Waals surface area contributed by atoms with E-state index >= 15 is 0 Å². The van der Waals surface area contributed by atoms with E-state index in [-0.39, 0.29) is 6.61 Å². The molecule has 0 heterocycles. The molecule has 1 amide bonds. The Morgan fingerprint density at radius 3 is 2.26 bits per heavy atom. The number of hydrogen-bond acceptors (Lipinski definition) is 4. The first kappa shape index (κ1) is 16.2. The number of esters is 1. The number of amides is 1. The lowest BCUT2D eigenvalue weighted by Gasteiger charge is -2.08. The van der Waals surface area contributed by atoms with Crippen molar-refractivity contribution in [2.24, 2.45) is 0 Å². The number of hydrogen-bond donors (Lipinski definition) is 1. The standard InChI is InChI=1S/C18H16N2O3/c1-12-7-13(2)9-15(8-12)18(22)23-11-17(21)20-16-5-3-14(10-19)4-6-16/h3-9H,11H2,1-2H3,(H,20,21). The molecule has 0 bridgehead atoms. The molecule has 0 spiro atoms. The normalized spacial score (nSPS) is 9.78. The van der Waals surface area contributed by atoms with Gasteiger partial charge in [-0.2, -0.15) is 5.26 Å². The van der Waals surface area contributed by atoms with Crippen molar-refractivity contribution in [3.63, 3.8) is 0 Å². The van der Waals surface area contributed by atoms with E-state index in [0.29, 0.717) is 16.8 Å². The van der Waals surface area contributed by atoms with E-state index in [1.54, 1.807) is 36.4 Å². The lowest BCUT2D eigenvalue weighted by Crippen LogP contribution is -2.21. The van der Waals surface area contributed by atoms with Gasteiger partial charge in [-0.3, -0.25) is 4.79 Å². The summed E-state index contributed by atoms with van der Waals surface area (Å²) in [5.41, 5.74) is 3.38. The topological polar surface area (TPSA) is 79.2 Å². The smallest absolute Gasteiger partial charge is 0.338 e. The zero-order valence-corrected chi connectivity index (χ0v) is 12.9. The first-order valence-corrected chi connectivity index (χ1v) is 7.03. The maximum atomic E-state index is 12.0. The first-order chi connectivity index (χ1) is 11.0. The lowest BCUT2D eigenvalue weighted by atomic mass is 10.1. The fourth-order valence-corrected chi connectivity index (χ4v) is 2.13. The third kappa shape index (κ3) is 4.68. The molecule has 0 saturated heterocycles. The molecule has 0 fully saturated rings. The molecule has 0 aromatic heterocycles. The first-order valence-electron chi connectivity index (χ1n) is 7.03. The summed E-state index contributed by atoms with van der Waals surface area (Å²) in [6, 6.07) is 13.8. The van der Waals surface area contributed by atoms with E-state index in [9.17, 15) is 9.59 Å². The summed E-state index contributed by atoms with van der Waals surface area (Å²) >= 11 is 0. The van der Waals surface area contributed by atoms with Gasteiger partial charge in [-0.1, -0.05) is 17.2 Å². The molecule has 0 aliphatic carbocycles. The third-order valence-electron chi connectivity index (χ3n) is 3.09. The molecule has 116 valence electrons. The molecule has 0 unspecified atom stereocenters. The molecule has 2 rings (SSSR count). The Morgan fingerprint density at radius 2 is 1.70 bits per heavy atom. The average Bonchev–Trinajstić information content (AvgIpc) is 2.52. The Labute approximate surface area is 134 Å². The highest BCUT2D eigenvalue weighted by Gasteiger charge is 2.11. The zero-order valence-electron chi connectivity index (χ0n) is 12.9. The maximum absolute atomic E-state index is 12.0. The van der Waals surface area contributed by atoms with Crippen molar-refractivity contribution in [3.8, 4) is 6.07 Å². The molecular weight excluding hydrogens is 292 g/mol. The summed E-state index contributed by atoms with van der Waals surface area (Å²) < 4.78 is 5.01. The fraction of sp³-hybridized carbons (Fsp3) is 0.167. The molecule has 0 saturated carbocycles. The highest BCUT2D eigenvalue weighted by Crippen LogP contribution is 2.11. The quantitative estimate of drug-likeness (QED) is 0.881. The van der Waals surface area contributed by atoms with E-state index < -0.39 is 11.9 Å². The monoisotopic (exact) mass is 308 g/mol. The molecule has 0 radical (unpaired) electrons. The van der Waals surface area contributed by atoms with Crippen LogP contribution >= 0.6 is 0 Å². The summed E-state index contributed by atoms with van der Waals surface area (Å²) in [6.07, 6.45) is 0. The molecule has 5 heteroatoms. The van der Waals surface area contributed by atoms with E-state index in [2.05, 4.69) is 5.32 Å². The van der Waals surface area contributed by atoms with Gasteiger partial charge in [0.25, 0.3) is 5.91 Å². The maximum Gasteiger partial charge on any atom is 0.338 e. The number of nitrogens with one attached hydrogen (secondary N) is 1. The molecule has 2 aromatic carbocycles. The van der Waals surface area contributed by atoms with Crippen molar-refractivity contribution in [1.29, 1.82) is 5.26 Å². The largest absolute Gasteiger partial charge is 0.452 e. The molecule has 5 nitrogen and oxygen atoms in total. The van der Waals surface area contributed by atoms with Crippen LogP contribution in [0.3, 0.4) is 0 Å². The highest BCUT2D eigenvalue weighted by molar-refractivity contribution is 5.95.